The van der Waals surface area contributed by atoms with Crippen molar-refractivity contribution in [3.63, 3.8) is 0 Å². The van der Waals surface area contributed by atoms with E-state index in [1.165, 1.54) is 18.4 Å². The Morgan fingerprint density at radius 1 is 1.38 bits per heavy atom. The van der Waals surface area contributed by atoms with Gasteiger partial charge in [0.25, 0.3) is 0 Å². The summed E-state index contributed by atoms with van der Waals surface area (Å²) in [7, 11) is -0.0670. The smallest absolute Gasteiger partial charge is 0.214 e. The molecule has 98 valence electrons. The summed E-state index contributed by atoms with van der Waals surface area (Å²) in [6.07, 6.45) is 0.858. The normalized spacial score (nSPS) is 16.4. The zero-order valence-corrected chi connectivity index (χ0v) is 11.5. The van der Waals surface area contributed by atoms with E-state index in [1.807, 2.05) is 13.8 Å². The van der Waals surface area contributed by atoms with Gasteiger partial charge in [-0.05, 0) is 6.42 Å². The van der Waals surface area contributed by atoms with Gasteiger partial charge in [-0.2, -0.15) is 0 Å². The molecule has 1 unspecified atom stereocenters. The highest BCUT2D eigenvalue weighted by atomic mass is 32.2. The number of nitrogens with one attached hydrogen (secondary N) is 1. The van der Waals surface area contributed by atoms with Crippen molar-refractivity contribution in [2.75, 3.05) is 39.5 Å². The van der Waals surface area contributed by atoms with Crippen molar-refractivity contribution in [3.05, 3.63) is 0 Å². The summed E-state index contributed by atoms with van der Waals surface area (Å²) in [6, 6.07) is 0. The highest BCUT2D eigenvalue weighted by molar-refractivity contribution is 7.89. The van der Waals surface area contributed by atoms with Crippen molar-refractivity contribution in [1.82, 2.24) is 9.62 Å². The van der Waals surface area contributed by atoms with Gasteiger partial charge in [0.15, 0.2) is 0 Å². The molecule has 0 rings (SSSR count). The number of hydrogen-bond donors (Lipinski definition) is 2. The molecule has 0 spiro atoms. The first-order chi connectivity index (χ1) is 7.27. The minimum atomic E-state index is -3.12. The molecule has 16 heavy (non-hydrogen) atoms. The lowest BCUT2D eigenvalue weighted by molar-refractivity contribution is 0.136. The molecule has 0 saturated heterocycles. The van der Waals surface area contributed by atoms with E-state index in [-0.39, 0.29) is 17.8 Å². The lowest BCUT2D eigenvalue weighted by Gasteiger charge is -2.26. The van der Waals surface area contributed by atoms with Gasteiger partial charge in [-0.25, -0.2) is 12.7 Å². The third kappa shape index (κ3) is 5.25. The molecule has 0 radical (unpaired) electrons. The van der Waals surface area contributed by atoms with E-state index in [2.05, 4.69) is 5.32 Å². The van der Waals surface area contributed by atoms with E-state index >= 15 is 0 Å². The number of nitrogens with zero attached hydrogens (tertiary/aromatic N) is 1. The number of aliphatic hydroxyl groups is 1. The Morgan fingerprint density at radius 3 is 2.31 bits per heavy atom. The summed E-state index contributed by atoms with van der Waals surface area (Å²) < 4.78 is 24.1. The molecule has 0 aromatic rings. The SMILES string of the molecule is CCC(C)(CO)CNCCS(=O)(=O)N(C)C. The van der Waals surface area contributed by atoms with Crippen LogP contribution in [0.2, 0.25) is 0 Å². The Kier molecular flexibility index (Phi) is 6.47. The van der Waals surface area contributed by atoms with Gasteiger partial charge >= 0.3 is 0 Å². The predicted molar refractivity (Wildman–Crippen MR) is 65.8 cm³/mol. The van der Waals surface area contributed by atoms with Gasteiger partial charge in [0.1, 0.15) is 0 Å². The number of rotatable bonds is 8. The molecule has 2 N–H and O–H groups in total. The van der Waals surface area contributed by atoms with Gasteiger partial charge in [0.2, 0.25) is 10.0 Å². The molecule has 0 aromatic carbocycles. The number of sulfonamides is 1. The van der Waals surface area contributed by atoms with Crippen molar-refractivity contribution in [1.29, 1.82) is 0 Å². The molecule has 1 atom stereocenters. The molecule has 0 heterocycles. The highest BCUT2D eigenvalue weighted by Crippen LogP contribution is 2.18. The maximum atomic E-state index is 11.4. The van der Waals surface area contributed by atoms with Gasteiger partial charge < -0.3 is 10.4 Å². The van der Waals surface area contributed by atoms with Crippen molar-refractivity contribution >= 4 is 10.0 Å². The lowest BCUT2D eigenvalue weighted by Crippen LogP contribution is -2.38. The van der Waals surface area contributed by atoms with Crippen molar-refractivity contribution in [2.45, 2.75) is 20.3 Å². The van der Waals surface area contributed by atoms with Gasteiger partial charge in [-0.1, -0.05) is 13.8 Å². The first-order valence-corrected chi connectivity index (χ1v) is 7.10. The minimum absolute atomic E-state index is 0.0885. The summed E-state index contributed by atoms with van der Waals surface area (Å²) in [5, 5.41) is 12.2. The van der Waals surface area contributed by atoms with Crippen LogP contribution in [-0.4, -0.2) is 57.4 Å². The highest BCUT2D eigenvalue weighted by Gasteiger charge is 2.20. The molecule has 0 aliphatic heterocycles. The Morgan fingerprint density at radius 2 is 1.94 bits per heavy atom. The van der Waals surface area contributed by atoms with Crippen molar-refractivity contribution in [2.24, 2.45) is 5.41 Å². The van der Waals surface area contributed by atoms with E-state index in [1.54, 1.807) is 0 Å². The summed E-state index contributed by atoms with van der Waals surface area (Å²) >= 11 is 0. The molecule has 0 bridgehead atoms. The maximum absolute atomic E-state index is 11.4. The zero-order chi connectivity index (χ0) is 12.8. The van der Waals surface area contributed by atoms with Gasteiger partial charge in [0.05, 0.1) is 5.75 Å². The third-order valence-corrected chi connectivity index (χ3v) is 4.71. The fourth-order valence-corrected chi connectivity index (χ4v) is 1.83. The molecule has 0 aliphatic rings. The van der Waals surface area contributed by atoms with Crippen molar-refractivity contribution in [3.8, 4) is 0 Å². The molecule has 6 heteroatoms. The molecular formula is C10H24N2O3S. The van der Waals surface area contributed by atoms with Crippen LogP contribution in [0.3, 0.4) is 0 Å². The fraction of sp³-hybridized carbons (Fsp3) is 1.00. The monoisotopic (exact) mass is 252 g/mol. The second-order valence-corrected chi connectivity index (χ2v) is 6.90. The van der Waals surface area contributed by atoms with Crippen LogP contribution < -0.4 is 5.32 Å². The average molecular weight is 252 g/mol. The Bertz CT molecular complexity index is 284. The van der Waals surface area contributed by atoms with Crippen LogP contribution in [0, 0.1) is 5.41 Å². The first kappa shape index (κ1) is 15.8. The zero-order valence-electron chi connectivity index (χ0n) is 10.7. The first-order valence-electron chi connectivity index (χ1n) is 5.49. The Labute approximate surface area is 98.9 Å². The summed E-state index contributed by atoms with van der Waals surface area (Å²) in [5.74, 6) is 0.0885. The van der Waals surface area contributed by atoms with Gasteiger partial charge in [-0.3, -0.25) is 0 Å². The average Bonchev–Trinajstić information content (AvgIpc) is 2.24. The molecular weight excluding hydrogens is 228 g/mol. The largest absolute Gasteiger partial charge is 0.396 e. The Balaban J connectivity index is 3.94. The van der Waals surface area contributed by atoms with E-state index in [0.29, 0.717) is 13.1 Å². The van der Waals surface area contributed by atoms with Crippen LogP contribution >= 0.6 is 0 Å². The molecule has 0 saturated carbocycles. The van der Waals surface area contributed by atoms with Crippen molar-refractivity contribution < 1.29 is 13.5 Å². The van der Waals surface area contributed by atoms with Crippen LogP contribution in [0.25, 0.3) is 0 Å². The van der Waals surface area contributed by atoms with Crippen LogP contribution in [0.15, 0.2) is 0 Å². The Hall–Kier alpha value is -0.170. The van der Waals surface area contributed by atoms with Crippen LogP contribution in [-0.2, 0) is 10.0 Å². The number of aliphatic hydroxyl groups excluding tert-OH is 1. The van der Waals surface area contributed by atoms with Crippen LogP contribution in [0.5, 0.6) is 0 Å². The predicted octanol–water partition coefficient (Wildman–Crippen LogP) is -0.124. The second kappa shape index (κ2) is 6.54. The van der Waals surface area contributed by atoms with Gasteiger partial charge in [0, 0.05) is 39.2 Å². The van der Waals surface area contributed by atoms with E-state index in [4.69, 9.17) is 5.11 Å². The molecule has 0 aliphatic carbocycles. The molecule has 5 nitrogen and oxygen atoms in total. The molecule has 0 aromatic heterocycles. The summed E-state index contributed by atoms with van der Waals surface area (Å²) in [5.41, 5.74) is -0.165. The lowest BCUT2D eigenvalue weighted by atomic mass is 9.89. The topological polar surface area (TPSA) is 69.6 Å². The number of hydrogen-bond acceptors (Lipinski definition) is 4. The maximum Gasteiger partial charge on any atom is 0.214 e. The standard InChI is InChI=1S/C10H24N2O3S/c1-5-10(2,9-13)8-11-6-7-16(14,15)12(3)4/h11,13H,5-9H2,1-4H3. The third-order valence-electron chi connectivity index (χ3n) is 2.88. The molecule has 0 amide bonds. The molecule has 0 fully saturated rings. The quantitative estimate of drug-likeness (QED) is 0.591. The summed E-state index contributed by atoms with van der Waals surface area (Å²) in [6.45, 7) is 5.13. The second-order valence-electron chi connectivity index (χ2n) is 4.60. The van der Waals surface area contributed by atoms with E-state index in [0.717, 1.165) is 6.42 Å². The van der Waals surface area contributed by atoms with E-state index < -0.39 is 10.0 Å². The van der Waals surface area contributed by atoms with Crippen LogP contribution in [0.4, 0.5) is 0 Å². The van der Waals surface area contributed by atoms with Crippen LogP contribution in [0.1, 0.15) is 20.3 Å². The minimum Gasteiger partial charge on any atom is -0.396 e. The fourth-order valence-electron chi connectivity index (χ4n) is 1.07. The summed E-state index contributed by atoms with van der Waals surface area (Å²) in [4.78, 5) is 0. The van der Waals surface area contributed by atoms with Gasteiger partial charge in [-0.15, -0.1) is 0 Å². The van der Waals surface area contributed by atoms with E-state index in [9.17, 15) is 8.42 Å².